The molecule has 0 aliphatic rings. The van der Waals surface area contributed by atoms with E-state index in [4.69, 9.17) is 14.0 Å². The molecular formula is C24H20N2O4. The van der Waals surface area contributed by atoms with E-state index in [1.54, 1.807) is 0 Å². The van der Waals surface area contributed by atoms with E-state index in [-0.39, 0.29) is 19.1 Å². The topological polar surface area (TPSA) is 74.5 Å². The van der Waals surface area contributed by atoms with Crippen LogP contribution in [0.1, 0.15) is 17.0 Å². The van der Waals surface area contributed by atoms with Crippen LogP contribution in [0.3, 0.4) is 0 Å². The number of hydrogen-bond acceptors (Lipinski definition) is 6. The zero-order valence-electron chi connectivity index (χ0n) is 16.2. The molecule has 1 heterocycles. The van der Waals surface area contributed by atoms with Crippen LogP contribution in [0.5, 0.6) is 5.75 Å². The van der Waals surface area contributed by atoms with Crippen molar-refractivity contribution in [1.82, 2.24) is 10.1 Å². The van der Waals surface area contributed by atoms with Gasteiger partial charge in [-0.05, 0) is 17.2 Å². The number of hydrogen-bond donors (Lipinski definition) is 0. The minimum absolute atomic E-state index is 0.103. The summed E-state index contributed by atoms with van der Waals surface area (Å²) in [6, 6.07) is 27.2. The highest BCUT2D eigenvalue weighted by atomic mass is 16.6. The molecule has 0 saturated heterocycles. The third-order valence-electron chi connectivity index (χ3n) is 4.41. The zero-order valence-corrected chi connectivity index (χ0v) is 16.2. The Morgan fingerprint density at radius 2 is 1.57 bits per heavy atom. The van der Waals surface area contributed by atoms with Crippen LogP contribution in [-0.2, 0) is 22.6 Å². The lowest BCUT2D eigenvalue weighted by Gasteiger charge is -2.11. The normalized spacial score (nSPS) is 10.5. The van der Waals surface area contributed by atoms with Gasteiger partial charge < -0.3 is 14.0 Å². The first-order valence-corrected chi connectivity index (χ1v) is 9.56. The Bertz CT molecular complexity index is 1090. The molecule has 4 rings (SSSR count). The summed E-state index contributed by atoms with van der Waals surface area (Å²) in [6.07, 6.45) is 0.719. The van der Waals surface area contributed by atoms with Crippen molar-refractivity contribution in [1.29, 1.82) is 0 Å². The van der Waals surface area contributed by atoms with E-state index in [1.165, 1.54) is 5.56 Å². The van der Waals surface area contributed by atoms with Gasteiger partial charge in [-0.25, -0.2) is 4.79 Å². The van der Waals surface area contributed by atoms with Crippen LogP contribution in [0.15, 0.2) is 89.5 Å². The summed E-state index contributed by atoms with van der Waals surface area (Å²) >= 11 is 0. The Balaban J connectivity index is 1.30. The Kier molecular flexibility index (Phi) is 6.15. The summed E-state index contributed by atoms with van der Waals surface area (Å²) in [7, 11) is 0. The fourth-order valence-electron chi connectivity index (χ4n) is 2.95. The average molecular weight is 400 g/mol. The van der Waals surface area contributed by atoms with E-state index >= 15 is 0 Å². The van der Waals surface area contributed by atoms with Crippen LogP contribution < -0.4 is 4.74 Å². The standard InChI is InChI=1S/C24H20N2O4/c27-23(29-16-22-25-24(26-30-22)19-11-5-2-6-12-19)17-28-21-14-8-7-13-20(21)15-18-9-3-1-4-10-18/h1-14H,15-17H2. The third kappa shape index (κ3) is 5.11. The van der Waals surface area contributed by atoms with Crippen LogP contribution in [-0.4, -0.2) is 22.7 Å². The first kappa shape index (κ1) is 19.4. The molecule has 0 aliphatic heterocycles. The number of benzene rings is 3. The van der Waals surface area contributed by atoms with E-state index in [0.717, 1.165) is 17.5 Å². The summed E-state index contributed by atoms with van der Waals surface area (Å²) in [5.41, 5.74) is 3.00. The number of nitrogens with zero attached hydrogens (tertiary/aromatic N) is 2. The number of aromatic nitrogens is 2. The number of para-hydroxylation sites is 1. The number of carbonyl (C=O) groups is 1. The van der Waals surface area contributed by atoms with Crippen molar-refractivity contribution in [3.8, 4) is 17.1 Å². The van der Waals surface area contributed by atoms with Crippen LogP contribution in [0.2, 0.25) is 0 Å². The van der Waals surface area contributed by atoms with Crippen LogP contribution >= 0.6 is 0 Å². The van der Waals surface area contributed by atoms with Crippen molar-refractivity contribution in [2.24, 2.45) is 0 Å². The number of ether oxygens (including phenoxy) is 2. The van der Waals surface area contributed by atoms with Gasteiger partial charge in [0.25, 0.3) is 5.89 Å². The molecular weight excluding hydrogens is 380 g/mol. The summed E-state index contributed by atoms with van der Waals surface area (Å²) in [5, 5.41) is 3.90. The maximum atomic E-state index is 12.1. The van der Waals surface area contributed by atoms with Gasteiger partial charge in [0.2, 0.25) is 5.82 Å². The van der Waals surface area contributed by atoms with Gasteiger partial charge in [0.05, 0.1) is 0 Å². The number of esters is 1. The molecule has 150 valence electrons. The number of rotatable bonds is 8. The molecule has 30 heavy (non-hydrogen) atoms. The Hall–Kier alpha value is -3.93. The van der Waals surface area contributed by atoms with Crippen LogP contribution in [0.4, 0.5) is 0 Å². The van der Waals surface area contributed by atoms with Crippen molar-refractivity contribution in [2.45, 2.75) is 13.0 Å². The monoisotopic (exact) mass is 400 g/mol. The Morgan fingerprint density at radius 3 is 2.37 bits per heavy atom. The van der Waals surface area contributed by atoms with Crippen molar-refractivity contribution < 1.29 is 18.8 Å². The maximum Gasteiger partial charge on any atom is 0.344 e. The van der Waals surface area contributed by atoms with Gasteiger partial charge >= 0.3 is 5.97 Å². The quantitative estimate of drug-likeness (QED) is 0.407. The van der Waals surface area contributed by atoms with Gasteiger partial charge in [-0.2, -0.15) is 4.98 Å². The van der Waals surface area contributed by atoms with E-state index in [1.807, 2.05) is 72.8 Å². The van der Waals surface area contributed by atoms with E-state index in [2.05, 4.69) is 22.3 Å². The molecule has 0 saturated carbocycles. The molecule has 3 aromatic carbocycles. The van der Waals surface area contributed by atoms with Gasteiger partial charge in [0.1, 0.15) is 5.75 Å². The van der Waals surface area contributed by atoms with E-state index in [9.17, 15) is 4.79 Å². The highest BCUT2D eigenvalue weighted by Crippen LogP contribution is 2.21. The minimum atomic E-state index is -0.510. The minimum Gasteiger partial charge on any atom is -0.482 e. The molecule has 0 amide bonds. The molecule has 0 bridgehead atoms. The van der Waals surface area contributed by atoms with E-state index < -0.39 is 5.97 Å². The van der Waals surface area contributed by atoms with Crippen LogP contribution in [0.25, 0.3) is 11.4 Å². The zero-order chi connectivity index (χ0) is 20.6. The lowest BCUT2D eigenvalue weighted by molar-refractivity contribution is -0.148. The molecule has 0 aliphatic carbocycles. The summed E-state index contributed by atoms with van der Waals surface area (Å²) < 4.78 is 16.0. The Labute approximate surface area is 174 Å². The summed E-state index contributed by atoms with van der Waals surface area (Å²) in [6.45, 7) is -0.306. The smallest absolute Gasteiger partial charge is 0.344 e. The predicted octanol–water partition coefficient (Wildman–Crippen LogP) is 4.45. The third-order valence-corrected chi connectivity index (χ3v) is 4.41. The van der Waals surface area contributed by atoms with E-state index in [0.29, 0.717) is 11.6 Å². The molecule has 4 aromatic rings. The van der Waals surface area contributed by atoms with Crippen molar-refractivity contribution in [3.63, 3.8) is 0 Å². The van der Waals surface area contributed by atoms with Gasteiger partial charge in [0, 0.05) is 12.0 Å². The van der Waals surface area contributed by atoms with Crippen molar-refractivity contribution in [2.75, 3.05) is 6.61 Å². The van der Waals surface area contributed by atoms with Gasteiger partial charge in [-0.15, -0.1) is 0 Å². The van der Waals surface area contributed by atoms with Crippen molar-refractivity contribution >= 4 is 5.97 Å². The molecule has 6 heteroatoms. The van der Waals surface area contributed by atoms with Gasteiger partial charge in [-0.3, -0.25) is 0 Å². The second-order valence-corrected chi connectivity index (χ2v) is 6.60. The summed E-state index contributed by atoms with van der Waals surface area (Å²) in [5.74, 6) is 0.825. The molecule has 0 spiro atoms. The maximum absolute atomic E-state index is 12.1. The highest BCUT2D eigenvalue weighted by molar-refractivity contribution is 5.71. The Morgan fingerprint density at radius 1 is 0.867 bits per heavy atom. The van der Waals surface area contributed by atoms with Gasteiger partial charge in [0.15, 0.2) is 13.2 Å². The molecule has 1 aromatic heterocycles. The second-order valence-electron chi connectivity index (χ2n) is 6.60. The highest BCUT2D eigenvalue weighted by Gasteiger charge is 2.12. The SMILES string of the molecule is O=C(COc1ccccc1Cc1ccccc1)OCc1nc(-c2ccccc2)no1. The van der Waals surface area contributed by atoms with Gasteiger partial charge in [-0.1, -0.05) is 84.0 Å². The molecule has 0 N–H and O–H groups in total. The lowest BCUT2D eigenvalue weighted by atomic mass is 10.0. The second kappa shape index (κ2) is 9.52. The molecule has 0 atom stereocenters. The fraction of sp³-hybridized carbons (Fsp3) is 0.125. The first-order chi connectivity index (χ1) is 14.8. The van der Waals surface area contributed by atoms with Crippen LogP contribution in [0, 0.1) is 0 Å². The fourth-order valence-corrected chi connectivity index (χ4v) is 2.95. The number of carbonyl (C=O) groups excluding carboxylic acids is 1. The first-order valence-electron chi connectivity index (χ1n) is 9.56. The largest absolute Gasteiger partial charge is 0.482 e. The summed E-state index contributed by atoms with van der Waals surface area (Å²) in [4.78, 5) is 16.3. The molecule has 0 fully saturated rings. The molecule has 0 radical (unpaired) electrons. The average Bonchev–Trinajstić information content (AvgIpc) is 3.28. The predicted molar refractivity (Wildman–Crippen MR) is 111 cm³/mol. The molecule has 0 unspecified atom stereocenters. The molecule has 6 nitrogen and oxygen atoms in total. The van der Waals surface area contributed by atoms with Crippen molar-refractivity contribution in [3.05, 3.63) is 102 Å². The lowest BCUT2D eigenvalue weighted by Crippen LogP contribution is -2.15.